The summed E-state index contributed by atoms with van der Waals surface area (Å²) in [6.45, 7) is 5.43. The van der Waals surface area contributed by atoms with Crippen molar-refractivity contribution in [3.8, 4) is 0 Å². The number of benzene rings is 1. The molecule has 3 unspecified atom stereocenters. The van der Waals surface area contributed by atoms with Crippen LogP contribution < -0.4 is 5.32 Å². The highest BCUT2D eigenvalue weighted by molar-refractivity contribution is 6.30. The summed E-state index contributed by atoms with van der Waals surface area (Å²) in [6, 6.07) is 5.52. The van der Waals surface area contributed by atoms with E-state index in [4.69, 9.17) is 11.6 Å². The van der Waals surface area contributed by atoms with Crippen molar-refractivity contribution >= 4 is 11.6 Å². The first-order valence-electron chi connectivity index (χ1n) is 6.73. The van der Waals surface area contributed by atoms with Crippen LogP contribution in [0.4, 0.5) is 4.39 Å². The summed E-state index contributed by atoms with van der Waals surface area (Å²) >= 11 is 5.77. The van der Waals surface area contributed by atoms with E-state index in [1.807, 2.05) is 0 Å². The van der Waals surface area contributed by atoms with Crippen molar-refractivity contribution in [1.82, 2.24) is 5.32 Å². The number of halogens is 2. The first kappa shape index (κ1) is 13.8. The zero-order chi connectivity index (χ0) is 13.1. The molecule has 0 radical (unpaired) electrons. The minimum Gasteiger partial charge on any atom is -0.310 e. The first-order chi connectivity index (χ1) is 8.56. The maximum atomic E-state index is 13.0. The summed E-state index contributed by atoms with van der Waals surface area (Å²) in [6.07, 6.45) is 3.76. The molecule has 1 saturated carbocycles. The summed E-state index contributed by atoms with van der Waals surface area (Å²) in [7, 11) is 0. The second kappa shape index (κ2) is 6.03. The molecular formula is C15H21ClFN. The molecule has 0 amide bonds. The van der Waals surface area contributed by atoms with Crippen LogP contribution in [0.5, 0.6) is 0 Å². The smallest absolute Gasteiger partial charge is 0.141 e. The van der Waals surface area contributed by atoms with E-state index in [9.17, 15) is 4.39 Å². The average molecular weight is 270 g/mol. The van der Waals surface area contributed by atoms with Crippen LogP contribution in [0.25, 0.3) is 0 Å². The molecule has 1 nitrogen and oxygen atoms in total. The van der Waals surface area contributed by atoms with Gasteiger partial charge in [-0.1, -0.05) is 31.5 Å². The zero-order valence-corrected chi connectivity index (χ0v) is 11.8. The number of hydrogen-bond acceptors (Lipinski definition) is 1. The molecular weight excluding hydrogens is 249 g/mol. The fourth-order valence-corrected chi connectivity index (χ4v) is 2.85. The van der Waals surface area contributed by atoms with E-state index in [1.165, 1.54) is 25.3 Å². The molecule has 0 heterocycles. The van der Waals surface area contributed by atoms with Gasteiger partial charge in [0.1, 0.15) is 5.82 Å². The molecule has 1 aromatic rings. The van der Waals surface area contributed by atoms with Crippen molar-refractivity contribution in [3.05, 3.63) is 34.6 Å². The summed E-state index contributed by atoms with van der Waals surface area (Å²) in [4.78, 5) is 0. The highest BCUT2D eigenvalue weighted by atomic mass is 35.5. The Morgan fingerprint density at radius 3 is 2.72 bits per heavy atom. The fourth-order valence-electron chi connectivity index (χ4n) is 2.64. The van der Waals surface area contributed by atoms with Crippen LogP contribution >= 0.6 is 11.6 Å². The second-order valence-corrected chi connectivity index (χ2v) is 6.00. The standard InChI is InChI=1S/C15H21ClFN/c1-10-3-5-13(7-11(10)2)18-9-12-4-6-15(17)14(16)8-12/h4,6,8,10-11,13,18H,3,5,7,9H2,1-2H3. The third-order valence-corrected chi connectivity index (χ3v) is 4.47. The van der Waals surface area contributed by atoms with Gasteiger partial charge in [0.05, 0.1) is 5.02 Å². The van der Waals surface area contributed by atoms with Crippen LogP contribution in [0.2, 0.25) is 5.02 Å². The lowest BCUT2D eigenvalue weighted by Gasteiger charge is -2.32. The van der Waals surface area contributed by atoms with Crippen LogP contribution in [-0.4, -0.2) is 6.04 Å². The van der Waals surface area contributed by atoms with Crippen LogP contribution in [0.3, 0.4) is 0 Å². The highest BCUT2D eigenvalue weighted by Gasteiger charge is 2.23. The van der Waals surface area contributed by atoms with Gasteiger partial charge in [-0.2, -0.15) is 0 Å². The van der Waals surface area contributed by atoms with Gasteiger partial charge < -0.3 is 5.32 Å². The minimum absolute atomic E-state index is 0.208. The molecule has 0 spiro atoms. The van der Waals surface area contributed by atoms with E-state index >= 15 is 0 Å². The van der Waals surface area contributed by atoms with Gasteiger partial charge in [0.25, 0.3) is 0 Å². The Labute approximate surface area is 114 Å². The van der Waals surface area contributed by atoms with Gasteiger partial charge in [-0.25, -0.2) is 4.39 Å². The lowest BCUT2D eigenvalue weighted by molar-refractivity contribution is 0.225. The third-order valence-electron chi connectivity index (χ3n) is 4.18. The van der Waals surface area contributed by atoms with Crippen molar-refractivity contribution in [1.29, 1.82) is 0 Å². The van der Waals surface area contributed by atoms with E-state index in [0.29, 0.717) is 6.04 Å². The number of nitrogens with one attached hydrogen (secondary N) is 1. The number of hydrogen-bond donors (Lipinski definition) is 1. The second-order valence-electron chi connectivity index (χ2n) is 5.59. The predicted molar refractivity (Wildman–Crippen MR) is 74.2 cm³/mol. The maximum absolute atomic E-state index is 13.0. The van der Waals surface area contributed by atoms with Gasteiger partial charge in [-0.05, 0) is 48.8 Å². The van der Waals surface area contributed by atoms with Gasteiger partial charge >= 0.3 is 0 Å². The van der Waals surface area contributed by atoms with Gasteiger partial charge in [-0.3, -0.25) is 0 Å². The van der Waals surface area contributed by atoms with Gasteiger partial charge in [0, 0.05) is 12.6 Å². The molecule has 1 aliphatic rings. The molecule has 0 aliphatic heterocycles. The van der Waals surface area contributed by atoms with Crippen molar-refractivity contribution in [2.75, 3.05) is 0 Å². The van der Waals surface area contributed by atoms with E-state index in [0.717, 1.165) is 23.9 Å². The summed E-state index contributed by atoms with van der Waals surface area (Å²) in [5, 5.41) is 3.76. The third kappa shape index (κ3) is 3.46. The lowest BCUT2D eigenvalue weighted by atomic mass is 9.79. The lowest BCUT2D eigenvalue weighted by Crippen LogP contribution is -2.35. The Hall–Kier alpha value is -0.600. The quantitative estimate of drug-likeness (QED) is 0.858. The Balaban J connectivity index is 1.86. The molecule has 3 atom stereocenters. The predicted octanol–water partition coefficient (Wildman–Crippen LogP) is 4.39. The van der Waals surface area contributed by atoms with E-state index in [2.05, 4.69) is 19.2 Å². The summed E-state index contributed by atoms with van der Waals surface area (Å²) in [5.74, 6) is 1.27. The van der Waals surface area contributed by atoms with Crippen molar-refractivity contribution in [3.63, 3.8) is 0 Å². The monoisotopic (exact) mass is 269 g/mol. The average Bonchev–Trinajstić information content (AvgIpc) is 2.35. The molecule has 100 valence electrons. The van der Waals surface area contributed by atoms with Crippen LogP contribution in [0, 0.1) is 17.7 Å². The van der Waals surface area contributed by atoms with Crippen molar-refractivity contribution in [2.24, 2.45) is 11.8 Å². The molecule has 1 fully saturated rings. The molecule has 0 saturated heterocycles. The molecule has 1 aromatic carbocycles. The largest absolute Gasteiger partial charge is 0.310 e. The topological polar surface area (TPSA) is 12.0 Å². The Morgan fingerprint density at radius 2 is 2.06 bits per heavy atom. The van der Waals surface area contributed by atoms with E-state index in [-0.39, 0.29) is 10.8 Å². The normalized spacial score (nSPS) is 28.3. The zero-order valence-electron chi connectivity index (χ0n) is 11.0. The Morgan fingerprint density at radius 1 is 1.28 bits per heavy atom. The molecule has 1 N–H and O–H groups in total. The SMILES string of the molecule is CC1CCC(NCc2ccc(F)c(Cl)c2)CC1C. The molecule has 18 heavy (non-hydrogen) atoms. The minimum atomic E-state index is -0.347. The number of rotatable bonds is 3. The molecule has 0 aromatic heterocycles. The molecule has 0 bridgehead atoms. The highest BCUT2D eigenvalue weighted by Crippen LogP contribution is 2.29. The maximum Gasteiger partial charge on any atom is 0.141 e. The first-order valence-corrected chi connectivity index (χ1v) is 7.11. The van der Waals surface area contributed by atoms with Crippen molar-refractivity contribution < 1.29 is 4.39 Å². The van der Waals surface area contributed by atoms with Crippen LogP contribution in [0.15, 0.2) is 18.2 Å². The van der Waals surface area contributed by atoms with Crippen molar-refractivity contribution in [2.45, 2.75) is 45.7 Å². The van der Waals surface area contributed by atoms with Gasteiger partial charge in [-0.15, -0.1) is 0 Å². The van der Waals surface area contributed by atoms with Gasteiger partial charge in [0.2, 0.25) is 0 Å². The molecule has 1 aliphatic carbocycles. The van der Waals surface area contributed by atoms with E-state index in [1.54, 1.807) is 12.1 Å². The molecule has 3 heteroatoms. The summed E-state index contributed by atoms with van der Waals surface area (Å²) < 4.78 is 13.0. The molecule has 2 rings (SSSR count). The van der Waals surface area contributed by atoms with Crippen LogP contribution in [-0.2, 0) is 6.54 Å². The Kier molecular flexibility index (Phi) is 4.63. The van der Waals surface area contributed by atoms with E-state index < -0.39 is 0 Å². The van der Waals surface area contributed by atoms with Crippen LogP contribution in [0.1, 0.15) is 38.7 Å². The van der Waals surface area contributed by atoms with Gasteiger partial charge in [0.15, 0.2) is 0 Å². The Bertz CT molecular complexity index is 407. The summed E-state index contributed by atoms with van der Waals surface area (Å²) in [5.41, 5.74) is 1.05. The fraction of sp³-hybridized carbons (Fsp3) is 0.600.